The molecule has 1 saturated heterocycles. The Kier molecular flexibility index (Phi) is 6.30. The van der Waals surface area contributed by atoms with E-state index in [4.69, 9.17) is 25.8 Å². The van der Waals surface area contributed by atoms with Gasteiger partial charge in [0.05, 0.1) is 18.8 Å². The van der Waals surface area contributed by atoms with Gasteiger partial charge in [-0.2, -0.15) is 0 Å². The molecule has 0 saturated carbocycles. The van der Waals surface area contributed by atoms with Crippen molar-refractivity contribution in [3.63, 3.8) is 0 Å². The Morgan fingerprint density at radius 3 is 2.56 bits per heavy atom. The lowest BCUT2D eigenvalue weighted by Gasteiger charge is -2.27. The molecule has 0 aromatic carbocycles. The zero-order valence-electron chi connectivity index (χ0n) is 11.8. The van der Waals surface area contributed by atoms with E-state index >= 15 is 0 Å². The highest BCUT2D eigenvalue weighted by Gasteiger charge is 2.37. The van der Waals surface area contributed by atoms with E-state index in [1.807, 2.05) is 35.5 Å². The minimum Gasteiger partial charge on any atom is -0.379 e. The highest BCUT2D eigenvalue weighted by atomic mass is 32.5. The summed E-state index contributed by atoms with van der Waals surface area (Å²) in [4.78, 5) is 10.1. The van der Waals surface area contributed by atoms with Crippen molar-refractivity contribution >= 4 is 26.1 Å². The van der Waals surface area contributed by atoms with Crippen molar-refractivity contribution in [1.29, 1.82) is 0 Å². The van der Waals surface area contributed by atoms with Gasteiger partial charge < -0.3 is 18.9 Å². The summed E-state index contributed by atoms with van der Waals surface area (Å²) in [5, 5.41) is 0. The lowest BCUT2D eigenvalue weighted by Crippen LogP contribution is -2.30. The fraction of sp³-hybridized carbons (Fsp3) is 1.00. The molecule has 2 unspecified atom stereocenters. The first kappa shape index (κ1) is 16.6. The van der Waals surface area contributed by atoms with Gasteiger partial charge in [0.1, 0.15) is 14.0 Å². The Hall–Kier alpha value is 0.555. The molecule has 1 fully saturated rings. The van der Waals surface area contributed by atoms with Crippen LogP contribution in [0.4, 0.5) is 0 Å². The predicted octanol–water partition coefficient (Wildman–Crippen LogP) is 1.25. The predicted molar refractivity (Wildman–Crippen MR) is 79.4 cm³/mol. The lowest BCUT2D eigenvalue weighted by atomic mass is 9.96. The fourth-order valence-corrected chi connectivity index (χ4v) is 2.97. The Balaban J connectivity index is 2.59. The quantitative estimate of drug-likeness (QED) is 0.590. The van der Waals surface area contributed by atoms with Gasteiger partial charge in [0.2, 0.25) is 0 Å². The van der Waals surface area contributed by atoms with Crippen LogP contribution in [0.15, 0.2) is 0 Å². The Bertz CT molecular complexity index is 313. The van der Waals surface area contributed by atoms with Crippen molar-refractivity contribution in [1.82, 2.24) is 0 Å². The van der Waals surface area contributed by atoms with Gasteiger partial charge in [-0.15, -0.1) is 0 Å². The van der Waals surface area contributed by atoms with Crippen LogP contribution in [-0.4, -0.2) is 49.3 Å². The molecule has 4 nitrogen and oxygen atoms in total. The molecular weight excluding hydrogens is 270 g/mol. The molecule has 0 radical (unpaired) electrons. The summed E-state index contributed by atoms with van der Waals surface area (Å²) >= 11 is 5.18. The third-order valence-electron chi connectivity index (χ3n) is 2.92. The summed E-state index contributed by atoms with van der Waals surface area (Å²) < 4.78 is 17.1. The van der Waals surface area contributed by atoms with Crippen molar-refractivity contribution in [3.05, 3.63) is 0 Å². The van der Waals surface area contributed by atoms with Crippen LogP contribution in [0.5, 0.6) is 0 Å². The topological polar surface area (TPSA) is 47.9 Å². The fourth-order valence-electron chi connectivity index (χ4n) is 1.78. The van der Waals surface area contributed by atoms with E-state index in [2.05, 4.69) is 0 Å². The number of ether oxygens (including phenoxy) is 2. The minimum absolute atomic E-state index is 0.0323. The zero-order chi connectivity index (χ0) is 13.9. The van der Waals surface area contributed by atoms with E-state index in [1.165, 1.54) is 0 Å². The Morgan fingerprint density at radius 1 is 1.44 bits per heavy atom. The van der Waals surface area contributed by atoms with Gasteiger partial charge in [0, 0.05) is 11.7 Å². The van der Waals surface area contributed by atoms with E-state index in [-0.39, 0.29) is 30.0 Å². The van der Waals surface area contributed by atoms with E-state index in [1.54, 1.807) is 0 Å². The smallest absolute Gasteiger partial charge is 0.189 e. The number of rotatable bonds is 6. The first-order valence-corrected chi connectivity index (χ1v) is 9.24. The van der Waals surface area contributed by atoms with Gasteiger partial charge in [-0.25, -0.2) is 0 Å². The average molecular weight is 294 g/mol. The first-order chi connectivity index (χ1) is 8.22. The summed E-state index contributed by atoms with van der Waals surface area (Å²) in [6.07, 6.45) is 0.637. The van der Waals surface area contributed by atoms with Crippen LogP contribution in [-0.2, 0) is 25.8 Å². The second-order valence-corrected chi connectivity index (χ2v) is 9.35. The van der Waals surface area contributed by atoms with Crippen molar-refractivity contribution in [2.24, 2.45) is 0 Å². The van der Waals surface area contributed by atoms with Crippen LogP contribution < -0.4 is 0 Å². The molecule has 18 heavy (non-hydrogen) atoms. The molecule has 106 valence electrons. The third-order valence-corrected chi connectivity index (χ3v) is 6.32. The van der Waals surface area contributed by atoms with E-state index < -0.39 is 6.49 Å². The molecule has 0 aromatic heterocycles. The van der Waals surface area contributed by atoms with Gasteiger partial charge in [0.25, 0.3) is 0 Å². The van der Waals surface area contributed by atoms with Gasteiger partial charge in [-0.05, 0) is 32.1 Å². The second kappa shape index (κ2) is 6.82. The van der Waals surface area contributed by atoms with Crippen molar-refractivity contribution in [2.45, 2.75) is 64.1 Å². The second-order valence-electron chi connectivity index (χ2n) is 5.40. The molecule has 1 rings (SSSR count). The SMILES string of the molecule is B[C@H]1CC(OP(O)(=S)C(C)C)[C@@H](COC(C)C)O1. The third kappa shape index (κ3) is 4.91. The van der Waals surface area contributed by atoms with E-state index in [9.17, 15) is 4.89 Å². The summed E-state index contributed by atoms with van der Waals surface area (Å²) in [7, 11) is 2.00. The van der Waals surface area contributed by atoms with Gasteiger partial charge in [0.15, 0.2) is 6.49 Å². The molecule has 7 heteroatoms. The standard InChI is InChI=1S/C11H24BO4PS/c1-7(2)14-6-10-9(5-11(12)15-10)16-17(13,18)8(3)4/h7-11H,5-6,12H2,1-4H3,(H,13,18)/t9?,10-,11-,17?/m1/s1. The molecule has 1 aliphatic rings. The molecule has 0 aliphatic carbocycles. The van der Waals surface area contributed by atoms with Crippen LogP contribution in [0, 0.1) is 0 Å². The maximum atomic E-state index is 10.1. The van der Waals surface area contributed by atoms with Crippen LogP contribution >= 0.6 is 6.49 Å². The van der Waals surface area contributed by atoms with Gasteiger partial charge in [-0.3, -0.25) is 0 Å². The summed E-state index contributed by atoms with van der Waals surface area (Å²) in [6, 6.07) is 0.123. The molecule has 0 aromatic rings. The molecule has 4 atom stereocenters. The minimum atomic E-state index is -2.73. The zero-order valence-corrected chi connectivity index (χ0v) is 13.5. The highest BCUT2D eigenvalue weighted by molar-refractivity contribution is 8.09. The molecule has 0 amide bonds. The Labute approximate surface area is 116 Å². The van der Waals surface area contributed by atoms with Crippen LogP contribution in [0.25, 0.3) is 0 Å². The van der Waals surface area contributed by atoms with Crippen LogP contribution in [0.3, 0.4) is 0 Å². The van der Waals surface area contributed by atoms with Gasteiger partial charge >= 0.3 is 0 Å². The van der Waals surface area contributed by atoms with Crippen molar-refractivity contribution in [3.8, 4) is 0 Å². The summed E-state index contributed by atoms with van der Waals surface area (Å²) in [6.45, 7) is 5.51. The summed E-state index contributed by atoms with van der Waals surface area (Å²) in [5.41, 5.74) is -0.0323. The molecule has 1 N–H and O–H groups in total. The normalized spacial score (nSPS) is 32.1. The number of hydrogen-bond donors (Lipinski definition) is 1. The van der Waals surface area contributed by atoms with Crippen LogP contribution in [0.2, 0.25) is 0 Å². The summed E-state index contributed by atoms with van der Waals surface area (Å²) in [5.74, 6) is 0. The molecule has 1 heterocycles. The largest absolute Gasteiger partial charge is 0.379 e. The van der Waals surface area contributed by atoms with E-state index in [0.29, 0.717) is 6.61 Å². The van der Waals surface area contributed by atoms with Crippen LogP contribution in [0.1, 0.15) is 34.1 Å². The molecule has 0 spiro atoms. The molecular formula is C11H24BO4PS. The monoisotopic (exact) mass is 294 g/mol. The van der Waals surface area contributed by atoms with Crippen molar-refractivity contribution in [2.75, 3.05) is 6.61 Å². The molecule has 1 aliphatic heterocycles. The molecule has 0 bridgehead atoms. The number of hydrogen-bond acceptors (Lipinski definition) is 4. The van der Waals surface area contributed by atoms with Gasteiger partial charge in [-0.1, -0.05) is 13.8 Å². The maximum Gasteiger partial charge on any atom is 0.189 e. The average Bonchev–Trinajstić information content (AvgIpc) is 2.54. The Morgan fingerprint density at radius 2 is 2.06 bits per heavy atom. The maximum absolute atomic E-state index is 10.1. The lowest BCUT2D eigenvalue weighted by molar-refractivity contribution is -0.0415. The van der Waals surface area contributed by atoms with E-state index in [0.717, 1.165) is 6.42 Å². The highest BCUT2D eigenvalue weighted by Crippen LogP contribution is 2.50. The first-order valence-electron chi connectivity index (χ1n) is 6.50. The van der Waals surface area contributed by atoms with Crippen molar-refractivity contribution < 1.29 is 18.9 Å².